The lowest BCUT2D eigenvalue weighted by Crippen LogP contribution is -2.49. The number of carbonyl (C=O) groups is 2. The van der Waals surface area contributed by atoms with Crippen molar-refractivity contribution in [3.63, 3.8) is 0 Å². The average molecular weight is 343 g/mol. The first-order valence-electron chi connectivity index (χ1n) is 8.94. The highest BCUT2D eigenvalue weighted by Crippen LogP contribution is 2.28. The number of piperidine rings is 1. The van der Waals surface area contributed by atoms with Crippen LogP contribution in [0, 0.1) is 0 Å². The van der Waals surface area contributed by atoms with Gasteiger partial charge in [-0.05, 0) is 38.4 Å². The number of carbonyl (C=O) groups excluding carboxylic acids is 2. The number of likely N-dealkylation sites (tertiary alicyclic amines) is 1. The molecule has 2 N–H and O–H groups in total. The molecule has 2 aliphatic rings. The maximum Gasteiger partial charge on any atom is 0.338 e. The molecule has 0 bridgehead atoms. The van der Waals surface area contributed by atoms with Gasteiger partial charge >= 0.3 is 12.0 Å². The molecular weight excluding hydrogens is 318 g/mol. The molecule has 2 amide bonds. The van der Waals surface area contributed by atoms with Gasteiger partial charge in [0, 0.05) is 12.2 Å². The fourth-order valence-corrected chi connectivity index (χ4v) is 3.43. The van der Waals surface area contributed by atoms with Crippen LogP contribution in [0.5, 0.6) is 0 Å². The lowest BCUT2D eigenvalue weighted by Gasteiger charge is -2.33. The maximum absolute atomic E-state index is 12.7. The van der Waals surface area contributed by atoms with Gasteiger partial charge in [0.2, 0.25) is 0 Å². The first-order valence-corrected chi connectivity index (χ1v) is 8.94. The predicted molar refractivity (Wildman–Crippen MR) is 94.8 cm³/mol. The Bertz CT molecular complexity index is 651. The number of nitrogens with zero attached hydrogens (tertiary/aromatic N) is 1. The second-order valence-electron chi connectivity index (χ2n) is 6.39. The minimum absolute atomic E-state index is 0.283. The second-order valence-corrected chi connectivity index (χ2v) is 6.39. The number of benzene rings is 1. The van der Waals surface area contributed by atoms with Crippen molar-refractivity contribution in [2.75, 3.05) is 26.2 Å². The summed E-state index contributed by atoms with van der Waals surface area (Å²) in [5, 5.41) is 5.70. The summed E-state index contributed by atoms with van der Waals surface area (Å²) in [4.78, 5) is 27.1. The molecule has 25 heavy (non-hydrogen) atoms. The lowest BCUT2D eigenvalue weighted by atomic mass is 9.95. The van der Waals surface area contributed by atoms with E-state index in [1.54, 1.807) is 6.92 Å². The molecule has 1 fully saturated rings. The zero-order valence-corrected chi connectivity index (χ0v) is 14.6. The van der Waals surface area contributed by atoms with Gasteiger partial charge in [0.25, 0.3) is 0 Å². The van der Waals surface area contributed by atoms with Gasteiger partial charge in [-0.15, -0.1) is 0 Å². The number of nitrogens with one attached hydrogen (secondary N) is 2. The lowest BCUT2D eigenvalue weighted by molar-refractivity contribution is -0.139. The summed E-state index contributed by atoms with van der Waals surface area (Å²) in [7, 11) is 0. The molecule has 1 unspecified atom stereocenters. The van der Waals surface area contributed by atoms with Crippen molar-refractivity contribution in [2.24, 2.45) is 0 Å². The van der Waals surface area contributed by atoms with Gasteiger partial charge in [-0.2, -0.15) is 0 Å². The molecule has 6 heteroatoms. The zero-order valence-electron chi connectivity index (χ0n) is 14.6. The van der Waals surface area contributed by atoms with Gasteiger partial charge in [-0.3, -0.25) is 4.90 Å². The van der Waals surface area contributed by atoms with E-state index < -0.39 is 6.04 Å². The normalized spacial score (nSPS) is 21.5. The van der Waals surface area contributed by atoms with Crippen LogP contribution in [-0.2, 0) is 9.53 Å². The van der Waals surface area contributed by atoms with E-state index in [4.69, 9.17) is 4.74 Å². The van der Waals surface area contributed by atoms with Gasteiger partial charge in [-0.1, -0.05) is 36.8 Å². The van der Waals surface area contributed by atoms with Gasteiger partial charge in [-0.25, -0.2) is 9.59 Å². The van der Waals surface area contributed by atoms with Crippen LogP contribution in [0.3, 0.4) is 0 Å². The number of amides is 2. The van der Waals surface area contributed by atoms with Gasteiger partial charge < -0.3 is 15.4 Å². The van der Waals surface area contributed by atoms with E-state index in [9.17, 15) is 9.59 Å². The summed E-state index contributed by atoms with van der Waals surface area (Å²) in [5.41, 5.74) is 2.02. The van der Waals surface area contributed by atoms with E-state index in [1.165, 1.54) is 6.42 Å². The van der Waals surface area contributed by atoms with Crippen molar-refractivity contribution >= 4 is 12.0 Å². The van der Waals surface area contributed by atoms with Gasteiger partial charge in [0.05, 0.1) is 18.2 Å². The maximum atomic E-state index is 12.7. The smallest absolute Gasteiger partial charge is 0.338 e. The highest BCUT2D eigenvalue weighted by molar-refractivity contribution is 5.95. The Hall–Kier alpha value is -2.34. The Morgan fingerprint density at radius 2 is 1.92 bits per heavy atom. The number of rotatable bonds is 5. The summed E-state index contributed by atoms with van der Waals surface area (Å²) >= 11 is 0. The highest BCUT2D eigenvalue weighted by atomic mass is 16.5. The Balaban J connectivity index is 1.96. The van der Waals surface area contributed by atoms with Crippen LogP contribution in [0.25, 0.3) is 0 Å². The van der Waals surface area contributed by atoms with E-state index in [0.29, 0.717) is 24.4 Å². The first-order chi connectivity index (χ1) is 12.2. The molecule has 0 radical (unpaired) electrons. The zero-order chi connectivity index (χ0) is 17.6. The van der Waals surface area contributed by atoms with Crippen LogP contribution < -0.4 is 10.6 Å². The topological polar surface area (TPSA) is 70.7 Å². The van der Waals surface area contributed by atoms with Crippen LogP contribution in [0.1, 0.15) is 37.8 Å². The third-order valence-corrected chi connectivity index (χ3v) is 4.61. The van der Waals surface area contributed by atoms with Crippen molar-refractivity contribution in [3.05, 3.63) is 47.2 Å². The van der Waals surface area contributed by atoms with E-state index in [0.717, 1.165) is 31.5 Å². The van der Waals surface area contributed by atoms with Crippen molar-refractivity contribution in [1.82, 2.24) is 15.5 Å². The Morgan fingerprint density at radius 1 is 1.20 bits per heavy atom. The van der Waals surface area contributed by atoms with Crippen LogP contribution in [-0.4, -0.2) is 43.1 Å². The molecule has 2 aliphatic heterocycles. The Morgan fingerprint density at radius 3 is 2.60 bits per heavy atom. The molecule has 3 rings (SSSR count). The van der Waals surface area contributed by atoms with Crippen molar-refractivity contribution in [1.29, 1.82) is 0 Å². The number of urea groups is 1. The first kappa shape index (κ1) is 17.5. The fourth-order valence-electron chi connectivity index (χ4n) is 3.43. The quantitative estimate of drug-likeness (QED) is 0.805. The van der Waals surface area contributed by atoms with Crippen LogP contribution in [0.15, 0.2) is 41.6 Å². The van der Waals surface area contributed by atoms with Crippen LogP contribution >= 0.6 is 0 Å². The van der Waals surface area contributed by atoms with E-state index in [-0.39, 0.29) is 12.0 Å². The fraction of sp³-hybridized carbons (Fsp3) is 0.474. The summed E-state index contributed by atoms with van der Waals surface area (Å²) in [6.07, 6.45) is 3.54. The predicted octanol–water partition coefficient (Wildman–Crippen LogP) is 2.34. The third-order valence-electron chi connectivity index (χ3n) is 4.61. The standard InChI is InChI=1S/C19H25N3O3/c1-2-25-18(23)16-15(13-22-11-7-4-8-12-22)20-19(24)21-17(16)14-9-5-3-6-10-14/h3,5-6,9-10,17H,2,4,7-8,11-13H2,1H3,(H2,20,21,24). The summed E-state index contributed by atoms with van der Waals surface area (Å²) < 4.78 is 5.28. The molecule has 0 aromatic heterocycles. The van der Waals surface area contributed by atoms with Crippen LogP contribution in [0.2, 0.25) is 0 Å². The van der Waals surface area contributed by atoms with E-state index in [2.05, 4.69) is 15.5 Å². The van der Waals surface area contributed by atoms with Gasteiger partial charge in [0.1, 0.15) is 0 Å². The molecule has 0 saturated carbocycles. The minimum atomic E-state index is -0.492. The highest BCUT2D eigenvalue weighted by Gasteiger charge is 2.34. The largest absolute Gasteiger partial charge is 0.463 e. The molecule has 6 nitrogen and oxygen atoms in total. The monoisotopic (exact) mass is 343 g/mol. The molecular formula is C19H25N3O3. The Kier molecular flexibility index (Phi) is 5.71. The molecule has 1 saturated heterocycles. The molecule has 134 valence electrons. The molecule has 1 atom stereocenters. The number of hydrogen-bond acceptors (Lipinski definition) is 4. The average Bonchev–Trinajstić information content (AvgIpc) is 2.63. The van der Waals surface area contributed by atoms with Crippen molar-refractivity contribution in [3.8, 4) is 0 Å². The van der Waals surface area contributed by atoms with Gasteiger partial charge in [0.15, 0.2) is 0 Å². The molecule has 2 heterocycles. The SMILES string of the molecule is CCOC(=O)C1=C(CN2CCCCC2)NC(=O)NC1c1ccccc1. The van der Waals surface area contributed by atoms with E-state index in [1.807, 2.05) is 30.3 Å². The number of ether oxygens (including phenoxy) is 1. The van der Waals surface area contributed by atoms with Crippen molar-refractivity contribution in [2.45, 2.75) is 32.2 Å². The molecule has 0 aliphatic carbocycles. The number of esters is 1. The second kappa shape index (κ2) is 8.16. The van der Waals surface area contributed by atoms with Crippen molar-refractivity contribution < 1.29 is 14.3 Å². The molecule has 0 spiro atoms. The molecule has 1 aromatic rings. The summed E-state index contributed by atoms with van der Waals surface area (Å²) in [5.74, 6) is -0.379. The summed E-state index contributed by atoms with van der Waals surface area (Å²) in [6, 6.07) is 8.76. The summed E-state index contributed by atoms with van der Waals surface area (Å²) in [6.45, 7) is 4.62. The van der Waals surface area contributed by atoms with Crippen LogP contribution in [0.4, 0.5) is 4.79 Å². The molecule has 1 aromatic carbocycles. The number of hydrogen-bond donors (Lipinski definition) is 2. The minimum Gasteiger partial charge on any atom is -0.463 e. The van der Waals surface area contributed by atoms with E-state index >= 15 is 0 Å². The Labute approximate surface area is 148 Å². The third kappa shape index (κ3) is 4.20.